The van der Waals surface area contributed by atoms with E-state index in [-0.39, 0.29) is 5.91 Å². The van der Waals surface area contributed by atoms with E-state index in [1.54, 1.807) is 17.7 Å². The fourth-order valence-electron chi connectivity index (χ4n) is 3.95. The minimum absolute atomic E-state index is 0.0256. The maximum atomic E-state index is 13.3. The molecular formula is C23H23N5O3S. The summed E-state index contributed by atoms with van der Waals surface area (Å²) in [5.41, 5.74) is 2.27. The summed E-state index contributed by atoms with van der Waals surface area (Å²) in [6, 6.07) is 9.44. The standard InChI is InChI=1S/C23H23N5O3S/c1-15-19(16(2)31-26-15)13-30-20-6-4-3-5-17(20)23(29)28-10-8-27(9-11-28)21-18-7-12-32-22(18)25-14-24-21/h3-7,12,14H,8-11,13H2,1-2H3. The number of aromatic nitrogens is 3. The molecule has 164 valence electrons. The zero-order valence-corrected chi connectivity index (χ0v) is 18.8. The Morgan fingerprint density at radius 3 is 2.72 bits per heavy atom. The van der Waals surface area contributed by atoms with E-state index in [0.29, 0.717) is 31.0 Å². The molecule has 1 aliphatic rings. The molecule has 0 aliphatic carbocycles. The zero-order valence-electron chi connectivity index (χ0n) is 17.9. The number of anilines is 1. The minimum atomic E-state index is -0.0256. The number of ether oxygens (including phenoxy) is 1. The van der Waals surface area contributed by atoms with Gasteiger partial charge in [0, 0.05) is 26.2 Å². The molecule has 32 heavy (non-hydrogen) atoms. The van der Waals surface area contributed by atoms with Gasteiger partial charge in [0.25, 0.3) is 5.91 Å². The van der Waals surface area contributed by atoms with Crippen LogP contribution in [-0.4, -0.2) is 52.1 Å². The van der Waals surface area contributed by atoms with Crippen LogP contribution in [0.4, 0.5) is 5.82 Å². The van der Waals surface area contributed by atoms with E-state index in [1.165, 1.54) is 0 Å². The second-order valence-electron chi connectivity index (χ2n) is 7.70. The van der Waals surface area contributed by atoms with E-state index in [0.717, 1.165) is 46.1 Å². The number of hydrogen-bond donors (Lipinski definition) is 0. The summed E-state index contributed by atoms with van der Waals surface area (Å²) in [5.74, 6) is 2.21. The van der Waals surface area contributed by atoms with Gasteiger partial charge in [-0.25, -0.2) is 9.97 Å². The van der Waals surface area contributed by atoms with E-state index >= 15 is 0 Å². The molecule has 4 aromatic rings. The van der Waals surface area contributed by atoms with Crippen molar-refractivity contribution in [3.8, 4) is 5.75 Å². The number of para-hydroxylation sites is 1. The lowest BCUT2D eigenvalue weighted by Crippen LogP contribution is -2.49. The fourth-order valence-corrected chi connectivity index (χ4v) is 4.68. The van der Waals surface area contributed by atoms with Crippen molar-refractivity contribution in [2.75, 3.05) is 31.1 Å². The van der Waals surface area contributed by atoms with Gasteiger partial charge in [0.15, 0.2) is 0 Å². The van der Waals surface area contributed by atoms with Crippen molar-refractivity contribution in [3.05, 3.63) is 64.6 Å². The molecule has 0 bridgehead atoms. The minimum Gasteiger partial charge on any atom is -0.488 e. The number of piperazine rings is 1. The number of nitrogens with zero attached hydrogens (tertiary/aromatic N) is 5. The van der Waals surface area contributed by atoms with Crippen LogP contribution in [0, 0.1) is 13.8 Å². The molecule has 0 unspecified atom stereocenters. The van der Waals surface area contributed by atoms with Crippen molar-refractivity contribution in [1.82, 2.24) is 20.0 Å². The number of hydrogen-bond acceptors (Lipinski definition) is 8. The van der Waals surface area contributed by atoms with E-state index in [4.69, 9.17) is 9.26 Å². The van der Waals surface area contributed by atoms with E-state index < -0.39 is 0 Å². The van der Waals surface area contributed by atoms with Crippen LogP contribution >= 0.6 is 11.3 Å². The van der Waals surface area contributed by atoms with Crippen molar-refractivity contribution >= 4 is 33.3 Å². The molecule has 1 aliphatic heterocycles. The summed E-state index contributed by atoms with van der Waals surface area (Å²) in [4.78, 5) is 27.2. The van der Waals surface area contributed by atoms with Crippen molar-refractivity contribution < 1.29 is 14.1 Å². The highest BCUT2D eigenvalue weighted by Crippen LogP contribution is 2.28. The van der Waals surface area contributed by atoms with E-state index in [9.17, 15) is 4.79 Å². The van der Waals surface area contributed by atoms with Crippen molar-refractivity contribution in [2.45, 2.75) is 20.5 Å². The Morgan fingerprint density at radius 2 is 1.94 bits per heavy atom. The molecule has 1 fully saturated rings. The van der Waals surface area contributed by atoms with Crippen LogP contribution < -0.4 is 9.64 Å². The Hall–Kier alpha value is -3.46. The topological polar surface area (TPSA) is 84.6 Å². The lowest BCUT2D eigenvalue weighted by molar-refractivity contribution is 0.0741. The number of aryl methyl sites for hydroxylation is 2. The van der Waals surface area contributed by atoms with Crippen LogP contribution in [0.15, 0.2) is 46.6 Å². The van der Waals surface area contributed by atoms with Gasteiger partial charge in [0.2, 0.25) is 0 Å². The molecular weight excluding hydrogens is 426 g/mol. The van der Waals surface area contributed by atoms with Gasteiger partial charge in [-0.05, 0) is 37.4 Å². The van der Waals surface area contributed by atoms with Crippen LogP contribution in [0.5, 0.6) is 5.75 Å². The molecule has 0 saturated carbocycles. The number of carbonyl (C=O) groups is 1. The molecule has 0 atom stereocenters. The van der Waals surface area contributed by atoms with Gasteiger partial charge < -0.3 is 19.1 Å². The smallest absolute Gasteiger partial charge is 0.257 e. The quantitative estimate of drug-likeness (QED) is 0.458. The molecule has 9 heteroatoms. The van der Waals surface area contributed by atoms with Gasteiger partial charge in [0.05, 0.1) is 22.2 Å². The first-order valence-corrected chi connectivity index (χ1v) is 11.4. The van der Waals surface area contributed by atoms with Gasteiger partial charge in [-0.15, -0.1) is 11.3 Å². The second kappa shape index (κ2) is 8.58. The summed E-state index contributed by atoms with van der Waals surface area (Å²) >= 11 is 1.61. The Bertz CT molecular complexity index is 1240. The molecule has 1 aromatic carbocycles. The first kappa shape index (κ1) is 20.4. The third-order valence-electron chi connectivity index (χ3n) is 5.78. The second-order valence-corrected chi connectivity index (χ2v) is 8.60. The van der Waals surface area contributed by atoms with Crippen molar-refractivity contribution in [1.29, 1.82) is 0 Å². The average molecular weight is 450 g/mol. The van der Waals surface area contributed by atoms with Crippen LogP contribution in [0.25, 0.3) is 10.2 Å². The highest BCUT2D eigenvalue weighted by molar-refractivity contribution is 7.16. The Morgan fingerprint density at radius 1 is 1.12 bits per heavy atom. The first-order chi connectivity index (χ1) is 15.6. The molecule has 4 heterocycles. The molecule has 5 rings (SSSR count). The first-order valence-electron chi connectivity index (χ1n) is 10.5. The van der Waals surface area contributed by atoms with Crippen LogP contribution in [-0.2, 0) is 6.61 Å². The molecule has 0 spiro atoms. The molecule has 1 saturated heterocycles. The number of benzene rings is 1. The van der Waals surface area contributed by atoms with Gasteiger partial charge in [0.1, 0.15) is 35.1 Å². The predicted molar refractivity (Wildman–Crippen MR) is 122 cm³/mol. The van der Waals surface area contributed by atoms with Gasteiger partial charge in [-0.2, -0.15) is 0 Å². The number of fused-ring (bicyclic) bond motifs is 1. The molecule has 0 radical (unpaired) electrons. The maximum Gasteiger partial charge on any atom is 0.257 e. The normalized spacial score (nSPS) is 14.2. The number of carbonyl (C=O) groups excluding carboxylic acids is 1. The third kappa shape index (κ3) is 3.80. The van der Waals surface area contributed by atoms with Crippen LogP contribution in [0.1, 0.15) is 27.4 Å². The molecule has 3 aromatic heterocycles. The van der Waals surface area contributed by atoms with Gasteiger partial charge >= 0.3 is 0 Å². The largest absolute Gasteiger partial charge is 0.488 e. The third-order valence-corrected chi connectivity index (χ3v) is 6.60. The van der Waals surface area contributed by atoms with E-state index in [1.807, 2.05) is 48.4 Å². The van der Waals surface area contributed by atoms with Crippen LogP contribution in [0.2, 0.25) is 0 Å². The van der Waals surface area contributed by atoms with Crippen LogP contribution in [0.3, 0.4) is 0 Å². The van der Waals surface area contributed by atoms with Crippen molar-refractivity contribution in [2.24, 2.45) is 0 Å². The average Bonchev–Trinajstić information content (AvgIpc) is 3.44. The summed E-state index contributed by atoms with van der Waals surface area (Å²) in [7, 11) is 0. The SMILES string of the molecule is Cc1noc(C)c1COc1ccccc1C(=O)N1CCN(c2ncnc3sccc23)CC1. The fraction of sp³-hybridized carbons (Fsp3) is 0.304. The zero-order chi connectivity index (χ0) is 22.1. The summed E-state index contributed by atoms with van der Waals surface area (Å²) in [6.07, 6.45) is 1.61. The summed E-state index contributed by atoms with van der Waals surface area (Å²) in [6.45, 7) is 6.72. The van der Waals surface area contributed by atoms with Gasteiger partial charge in [-0.1, -0.05) is 17.3 Å². The molecule has 1 amide bonds. The lowest BCUT2D eigenvalue weighted by Gasteiger charge is -2.35. The highest BCUT2D eigenvalue weighted by Gasteiger charge is 2.26. The molecule has 8 nitrogen and oxygen atoms in total. The van der Waals surface area contributed by atoms with Crippen molar-refractivity contribution in [3.63, 3.8) is 0 Å². The number of thiophene rings is 1. The Kier molecular flexibility index (Phi) is 5.48. The number of rotatable bonds is 5. The van der Waals surface area contributed by atoms with Gasteiger partial charge in [-0.3, -0.25) is 4.79 Å². The molecule has 0 N–H and O–H groups in total. The summed E-state index contributed by atoms with van der Waals surface area (Å²) in [5, 5.41) is 7.06. The lowest BCUT2D eigenvalue weighted by atomic mass is 10.1. The predicted octanol–water partition coefficient (Wildman–Crippen LogP) is 3.84. The Labute approximate surface area is 189 Å². The van der Waals surface area contributed by atoms with E-state index in [2.05, 4.69) is 26.1 Å². The highest BCUT2D eigenvalue weighted by atomic mass is 32.1. The maximum absolute atomic E-state index is 13.3. The Balaban J connectivity index is 1.28. The number of amides is 1. The summed E-state index contributed by atoms with van der Waals surface area (Å²) < 4.78 is 11.2. The monoisotopic (exact) mass is 449 g/mol.